The first-order chi connectivity index (χ1) is 9.81. The first-order valence-corrected chi connectivity index (χ1v) is 6.08. The van der Waals surface area contributed by atoms with Gasteiger partial charge in [0.1, 0.15) is 5.75 Å². The monoisotopic (exact) mass is 263 g/mol. The van der Waals surface area contributed by atoms with Gasteiger partial charge in [-0.2, -0.15) is 10.5 Å². The third-order valence-electron chi connectivity index (χ3n) is 2.96. The van der Waals surface area contributed by atoms with Crippen molar-refractivity contribution >= 4 is 5.69 Å². The number of methoxy groups -OCH3 is 1. The average molecular weight is 263 g/mol. The summed E-state index contributed by atoms with van der Waals surface area (Å²) in [4.78, 5) is 1.37. The molecule has 0 saturated carbocycles. The third-order valence-corrected chi connectivity index (χ3v) is 2.96. The molecular weight excluding hydrogens is 250 g/mol. The number of ether oxygens (including phenoxy) is 1. The fourth-order valence-corrected chi connectivity index (χ4v) is 2.01. The molecule has 0 aliphatic carbocycles. The fraction of sp³-hybridized carbons (Fsp3) is 0.125. The largest absolute Gasteiger partial charge is 0.496 e. The van der Waals surface area contributed by atoms with Gasteiger partial charge in [0, 0.05) is 5.56 Å². The molecule has 98 valence electrons. The molecule has 0 fully saturated rings. The molecule has 1 unspecified atom stereocenters. The molecule has 2 rings (SSSR count). The zero-order valence-corrected chi connectivity index (χ0v) is 11.0. The van der Waals surface area contributed by atoms with Crippen molar-refractivity contribution in [3.63, 3.8) is 0 Å². The quantitative estimate of drug-likeness (QED) is 0.627. The Morgan fingerprint density at radius 3 is 2.25 bits per heavy atom. The van der Waals surface area contributed by atoms with Gasteiger partial charge in [0.2, 0.25) is 0 Å². The van der Waals surface area contributed by atoms with E-state index in [-0.39, 0.29) is 0 Å². The van der Waals surface area contributed by atoms with Crippen molar-refractivity contribution in [3.8, 4) is 18.0 Å². The molecule has 4 nitrogen and oxygen atoms in total. The van der Waals surface area contributed by atoms with E-state index in [1.165, 1.54) is 4.90 Å². The van der Waals surface area contributed by atoms with Crippen LogP contribution in [0.2, 0.25) is 0 Å². The van der Waals surface area contributed by atoms with E-state index in [0.29, 0.717) is 17.0 Å². The minimum atomic E-state index is -0.724. The van der Waals surface area contributed by atoms with E-state index in [1.807, 2.05) is 30.3 Å². The molecule has 4 heteroatoms. The van der Waals surface area contributed by atoms with Crippen LogP contribution in [0.5, 0.6) is 5.75 Å². The van der Waals surface area contributed by atoms with Gasteiger partial charge >= 0.3 is 0 Å². The van der Waals surface area contributed by atoms with E-state index >= 15 is 0 Å². The Balaban J connectivity index is 2.47. The van der Waals surface area contributed by atoms with Gasteiger partial charge in [0.15, 0.2) is 12.2 Å². The number of hydrogen-bond donors (Lipinski definition) is 0. The number of nitrogens with zero attached hydrogens (tertiary/aromatic N) is 3. The van der Waals surface area contributed by atoms with Crippen molar-refractivity contribution in [1.29, 1.82) is 10.5 Å². The molecule has 0 amide bonds. The minimum Gasteiger partial charge on any atom is -0.496 e. The molecule has 0 radical (unpaired) electrons. The van der Waals surface area contributed by atoms with Crippen LogP contribution >= 0.6 is 0 Å². The Morgan fingerprint density at radius 1 is 1.00 bits per heavy atom. The highest BCUT2D eigenvalue weighted by Crippen LogP contribution is 2.31. The van der Waals surface area contributed by atoms with E-state index in [1.54, 1.807) is 31.4 Å². The average Bonchev–Trinajstić information content (AvgIpc) is 2.53. The van der Waals surface area contributed by atoms with Crippen molar-refractivity contribution in [1.82, 2.24) is 0 Å². The van der Waals surface area contributed by atoms with Crippen LogP contribution in [0.4, 0.5) is 5.69 Å². The van der Waals surface area contributed by atoms with Crippen molar-refractivity contribution in [2.24, 2.45) is 0 Å². The second kappa shape index (κ2) is 6.26. The second-order valence-electron chi connectivity index (χ2n) is 4.08. The van der Waals surface area contributed by atoms with Crippen molar-refractivity contribution in [3.05, 3.63) is 60.2 Å². The Kier molecular flexibility index (Phi) is 4.21. The van der Waals surface area contributed by atoms with Crippen LogP contribution in [-0.4, -0.2) is 7.11 Å². The molecule has 0 bridgehead atoms. The zero-order chi connectivity index (χ0) is 14.4. The highest BCUT2D eigenvalue weighted by Gasteiger charge is 2.23. The summed E-state index contributed by atoms with van der Waals surface area (Å²) in [6.45, 7) is 0. The molecule has 0 aliphatic rings. The summed E-state index contributed by atoms with van der Waals surface area (Å²) < 4.78 is 5.27. The van der Waals surface area contributed by atoms with Crippen LogP contribution in [0.1, 0.15) is 11.6 Å². The summed E-state index contributed by atoms with van der Waals surface area (Å²) >= 11 is 0. The maximum absolute atomic E-state index is 9.46. The van der Waals surface area contributed by atoms with Gasteiger partial charge in [-0.1, -0.05) is 36.4 Å². The van der Waals surface area contributed by atoms with Gasteiger partial charge in [-0.3, -0.25) is 4.90 Å². The van der Waals surface area contributed by atoms with E-state index in [0.717, 1.165) is 0 Å². The van der Waals surface area contributed by atoms with Gasteiger partial charge in [-0.05, 0) is 18.2 Å². The molecule has 0 N–H and O–H groups in total. The lowest BCUT2D eigenvalue weighted by Gasteiger charge is -2.22. The summed E-state index contributed by atoms with van der Waals surface area (Å²) in [5.74, 6) is 0.593. The van der Waals surface area contributed by atoms with E-state index in [2.05, 4.69) is 12.3 Å². The number of hydrogen-bond acceptors (Lipinski definition) is 4. The highest BCUT2D eigenvalue weighted by atomic mass is 16.5. The van der Waals surface area contributed by atoms with Gasteiger partial charge in [0.25, 0.3) is 0 Å². The number of benzene rings is 2. The molecule has 2 aromatic rings. The van der Waals surface area contributed by atoms with Crippen molar-refractivity contribution in [2.45, 2.75) is 6.04 Å². The molecule has 1 atom stereocenters. The topological polar surface area (TPSA) is 60.0 Å². The summed E-state index contributed by atoms with van der Waals surface area (Å²) in [5, 5.41) is 18.9. The van der Waals surface area contributed by atoms with Gasteiger partial charge in [-0.25, -0.2) is 0 Å². The second-order valence-corrected chi connectivity index (χ2v) is 4.08. The summed E-state index contributed by atoms with van der Waals surface area (Å²) in [5.41, 5.74) is 1.34. The Morgan fingerprint density at radius 2 is 1.65 bits per heavy atom. The van der Waals surface area contributed by atoms with Crippen LogP contribution in [-0.2, 0) is 0 Å². The molecule has 0 aliphatic heterocycles. The Labute approximate surface area is 118 Å². The standard InChI is InChI=1S/C16H13N3O/c1-20-16-10-6-5-9-14(16)15(11-17)19(12-18)13-7-3-2-4-8-13/h2-10,15H,1H3. The van der Waals surface area contributed by atoms with Crippen LogP contribution < -0.4 is 9.64 Å². The minimum absolute atomic E-state index is 0.593. The molecular formula is C16H13N3O. The SMILES string of the molecule is COc1ccccc1C(C#N)N(C#N)c1ccccc1. The van der Waals surface area contributed by atoms with Crippen LogP contribution in [0.25, 0.3) is 0 Å². The van der Waals surface area contributed by atoms with Gasteiger partial charge in [0.05, 0.1) is 18.9 Å². The number of anilines is 1. The lowest BCUT2D eigenvalue weighted by atomic mass is 10.0. The van der Waals surface area contributed by atoms with Gasteiger partial charge < -0.3 is 4.74 Å². The fourth-order valence-electron chi connectivity index (χ4n) is 2.01. The van der Waals surface area contributed by atoms with E-state index < -0.39 is 6.04 Å². The van der Waals surface area contributed by atoms with Crippen LogP contribution in [0.15, 0.2) is 54.6 Å². The van der Waals surface area contributed by atoms with E-state index in [9.17, 15) is 10.5 Å². The van der Waals surface area contributed by atoms with E-state index in [4.69, 9.17) is 4.74 Å². The molecule has 0 aromatic heterocycles. The number of rotatable bonds is 4. The third kappa shape index (κ3) is 2.55. The maximum Gasteiger partial charge on any atom is 0.185 e. The lowest BCUT2D eigenvalue weighted by molar-refractivity contribution is 0.408. The molecule has 0 saturated heterocycles. The predicted molar refractivity (Wildman–Crippen MR) is 75.9 cm³/mol. The first-order valence-electron chi connectivity index (χ1n) is 6.08. The molecule has 0 heterocycles. The smallest absolute Gasteiger partial charge is 0.185 e. The highest BCUT2D eigenvalue weighted by molar-refractivity contribution is 5.56. The van der Waals surface area contributed by atoms with Crippen molar-refractivity contribution in [2.75, 3.05) is 12.0 Å². The summed E-state index contributed by atoms with van der Waals surface area (Å²) in [6, 6.07) is 17.8. The molecule has 0 spiro atoms. The zero-order valence-electron chi connectivity index (χ0n) is 11.0. The predicted octanol–water partition coefficient (Wildman–Crippen LogP) is 3.25. The molecule has 2 aromatic carbocycles. The summed E-state index contributed by atoms with van der Waals surface area (Å²) in [7, 11) is 1.55. The summed E-state index contributed by atoms with van der Waals surface area (Å²) in [6.07, 6.45) is 2.07. The van der Waals surface area contributed by atoms with Crippen LogP contribution in [0, 0.1) is 22.8 Å². The normalized spacial score (nSPS) is 10.9. The number of para-hydroxylation sites is 2. The maximum atomic E-state index is 9.46. The lowest BCUT2D eigenvalue weighted by Crippen LogP contribution is -2.22. The Hall–Kier alpha value is -2.98. The number of nitriles is 2. The first kappa shape index (κ1) is 13.5. The van der Waals surface area contributed by atoms with Gasteiger partial charge in [-0.15, -0.1) is 0 Å². The Bertz CT molecular complexity index is 655. The van der Waals surface area contributed by atoms with Crippen LogP contribution in [0.3, 0.4) is 0 Å². The molecule has 20 heavy (non-hydrogen) atoms. The van der Waals surface area contributed by atoms with Crippen molar-refractivity contribution < 1.29 is 4.74 Å².